The Bertz CT molecular complexity index is 1500. The van der Waals surface area contributed by atoms with Crippen molar-refractivity contribution < 1.29 is 40.3 Å². The van der Waals surface area contributed by atoms with Crippen molar-refractivity contribution in [3.8, 4) is 24.2 Å². The first-order valence-corrected chi connectivity index (χ1v) is 11.1. The molecule has 6 nitrogen and oxygen atoms in total. The predicted molar refractivity (Wildman–Crippen MR) is 128 cm³/mol. The molecule has 2 aromatic heterocycles. The number of hydrogen-bond donors (Lipinski definition) is 1. The van der Waals surface area contributed by atoms with Crippen LogP contribution in [0.15, 0.2) is 55.0 Å². The van der Waals surface area contributed by atoms with Crippen LogP contribution in [0, 0.1) is 30.0 Å². The second kappa shape index (κ2) is 12.3. The van der Waals surface area contributed by atoms with E-state index in [1.165, 1.54) is 24.5 Å². The molecule has 0 saturated carbocycles. The molecule has 0 fully saturated rings. The van der Waals surface area contributed by atoms with Crippen LogP contribution in [0.5, 0.6) is 0 Å². The maximum Gasteiger partial charge on any atom is 0.418 e. The fourth-order valence-corrected chi connectivity index (χ4v) is 3.32. The van der Waals surface area contributed by atoms with Crippen molar-refractivity contribution in [3.63, 3.8) is 0 Å². The molecule has 0 atom stereocenters. The third kappa shape index (κ3) is 8.04. The summed E-state index contributed by atoms with van der Waals surface area (Å²) in [7, 11) is 0. The second-order valence-electron chi connectivity index (χ2n) is 8.06. The lowest BCUT2D eigenvalue weighted by atomic mass is 10.1. The highest BCUT2D eigenvalue weighted by Crippen LogP contribution is 2.36. The van der Waals surface area contributed by atoms with Crippen LogP contribution in [-0.4, -0.2) is 28.3 Å². The Kier molecular flexibility index (Phi) is 9.11. The SMILES string of the molecule is C#CC(=O)NCc1cncc(C#CCN(C(=O)Cc2ncc(C(F)(F)F)cc2C(F)(F)F)c2ccc(F)cc2)c1. The van der Waals surface area contributed by atoms with E-state index in [-0.39, 0.29) is 31.0 Å². The third-order valence-electron chi connectivity index (χ3n) is 5.21. The Balaban J connectivity index is 1.89. The van der Waals surface area contributed by atoms with Gasteiger partial charge in [0.1, 0.15) is 5.82 Å². The number of hydrogen-bond acceptors (Lipinski definition) is 4. The van der Waals surface area contributed by atoms with Crippen molar-refractivity contribution in [1.29, 1.82) is 0 Å². The normalized spacial score (nSPS) is 11.2. The smallest absolute Gasteiger partial charge is 0.341 e. The van der Waals surface area contributed by atoms with E-state index < -0.39 is 53.2 Å². The van der Waals surface area contributed by atoms with E-state index in [1.54, 1.807) is 6.07 Å². The number of nitrogens with zero attached hydrogens (tertiary/aromatic N) is 3. The zero-order chi connectivity index (χ0) is 29.5. The van der Waals surface area contributed by atoms with E-state index in [2.05, 4.69) is 27.1 Å². The van der Waals surface area contributed by atoms with E-state index in [4.69, 9.17) is 6.42 Å². The molecule has 1 aromatic carbocycles. The molecule has 0 bridgehead atoms. The molecule has 0 spiro atoms. The highest BCUT2D eigenvalue weighted by molar-refractivity contribution is 5.95. The number of benzene rings is 1. The monoisotopic (exact) mass is 562 g/mol. The van der Waals surface area contributed by atoms with E-state index in [0.29, 0.717) is 11.1 Å². The molecule has 0 aliphatic rings. The molecular formula is C27H17F7N4O2. The molecule has 2 amide bonds. The molecule has 0 unspecified atom stereocenters. The van der Waals surface area contributed by atoms with Gasteiger partial charge in [-0.05, 0) is 47.9 Å². The summed E-state index contributed by atoms with van der Waals surface area (Å²) < 4.78 is 93.0. The van der Waals surface area contributed by atoms with Gasteiger partial charge in [-0.3, -0.25) is 19.6 Å². The first kappa shape index (κ1) is 29.6. The van der Waals surface area contributed by atoms with E-state index >= 15 is 0 Å². The van der Waals surface area contributed by atoms with Crippen molar-refractivity contribution >= 4 is 17.5 Å². The molecule has 0 aliphatic heterocycles. The summed E-state index contributed by atoms with van der Waals surface area (Å²) in [5.41, 5.74) is -3.26. The van der Waals surface area contributed by atoms with E-state index in [1.807, 2.05) is 5.92 Å². The molecule has 1 N–H and O–H groups in total. The number of terminal acetylenes is 1. The number of carbonyl (C=O) groups is 2. The molecule has 206 valence electrons. The standard InChI is InChI=1S/C27H17F7N4O2/c1-2-24(39)37-15-18-10-17(13-35-14-18)4-3-9-38(21-7-5-20(28)6-8-21)25(40)12-23-22(27(32,33)34)11-19(16-36-23)26(29,30)31/h1,5-8,10-11,13-14,16H,9,12,15H2,(H,37,39). The van der Waals surface area contributed by atoms with Crippen LogP contribution >= 0.6 is 0 Å². The van der Waals surface area contributed by atoms with Gasteiger partial charge in [0.2, 0.25) is 5.91 Å². The molecule has 2 heterocycles. The molecule has 3 aromatic rings. The van der Waals surface area contributed by atoms with Gasteiger partial charge >= 0.3 is 12.4 Å². The molecule has 0 saturated heterocycles. The average Bonchev–Trinajstić information content (AvgIpc) is 2.89. The Hall–Kier alpha value is -4.91. The van der Waals surface area contributed by atoms with Crippen molar-refractivity contribution in [2.75, 3.05) is 11.4 Å². The van der Waals surface area contributed by atoms with Crippen LogP contribution in [0.25, 0.3) is 0 Å². The average molecular weight is 562 g/mol. The number of aromatic nitrogens is 2. The summed E-state index contributed by atoms with van der Waals surface area (Å²) in [5.74, 6) is 5.01. The van der Waals surface area contributed by atoms with Gasteiger partial charge in [0.05, 0.1) is 29.8 Å². The number of carbonyl (C=O) groups excluding carboxylic acids is 2. The summed E-state index contributed by atoms with van der Waals surface area (Å²) in [6, 6.07) is 5.87. The predicted octanol–water partition coefficient (Wildman–Crippen LogP) is 4.53. The Morgan fingerprint density at radius 3 is 2.30 bits per heavy atom. The van der Waals surface area contributed by atoms with Crippen LogP contribution in [0.1, 0.15) is 27.9 Å². The Morgan fingerprint density at radius 2 is 1.68 bits per heavy atom. The van der Waals surface area contributed by atoms with Gasteiger partial charge in [0.25, 0.3) is 5.91 Å². The van der Waals surface area contributed by atoms with E-state index in [0.717, 1.165) is 17.0 Å². The van der Waals surface area contributed by atoms with Crippen LogP contribution in [-0.2, 0) is 34.9 Å². The summed E-state index contributed by atoms with van der Waals surface area (Å²) in [6.07, 6.45) is -3.29. The van der Waals surface area contributed by atoms with Crippen molar-refractivity contribution in [2.45, 2.75) is 25.3 Å². The Labute approximate surface area is 223 Å². The number of nitrogens with one attached hydrogen (secondary N) is 1. The van der Waals surface area contributed by atoms with Gasteiger partial charge in [-0.1, -0.05) is 11.8 Å². The van der Waals surface area contributed by atoms with Crippen molar-refractivity contribution in [2.24, 2.45) is 0 Å². The Morgan fingerprint density at radius 1 is 0.975 bits per heavy atom. The second-order valence-corrected chi connectivity index (χ2v) is 8.06. The van der Waals surface area contributed by atoms with Gasteiger partial charge in [0, 0.05) is 36.4 Å². The lowest BCUT2D eigenvalue weighted by molar-refractivity contribution is -0.144. The molecular weight excluding hydrogens is 545 g/mol. The molecule has 0 radical (unpaired) electrons. The minimum atomic E-state index is -5.22. The van der Waals surface area contributed by atoms with Crippen LogP contribution in [0.4, 0.5) is 36.4 Å². The van der Waals surface area contributed by atoms with Crippen LogP contribution in [0.3, 0.4) is 0 Å². The van der Waals surface area contributed by atoms with Gasteiger partial charge in [0.15, 0.2) is 0 Å². The first-order chi connectivity index (χ1) is 18.8. The van der Waals surface area contributed by atoms with Crippen molar-refractivity contribution in [3.05, 3.63) is 88.8 Å². The highest BCUT2D eigenvalue weighted by Gasteiger charge is 2.39. The summed E-state index contributed by atoms with van der Waals surface area (Å²) in [6.45, 7) is -0.322. The van der Waals surface area contributed by atoms with Crippen LogP contribution < -0.4 is 10.2 Å². The quantitative estimate of drug-likeness (QED) is 0.354. The molecule has 0 aliphatic carbocycles. The lowest BCUT2D eigenvalue weighted by Gasteiger charge is -2.21. The number of rotatable bonds is 6. The summed E-state index contributed by atoms with van der Waals surface area (Å²) in [5, 5.41) is 2.45. The van der Waals surface area contributed by atoms with Gasteiger partial charge in [-0.15, -0.1) is 6.42 Å². The lowest BCUT2D eigenvalue weighted by Crippen LogP contribution is -2.33. The minimum absolute atomic E-state index is 0.0629. The largest absolute Gasteiger partial charge is 0.418 e. The summed E-state index contributed by atoms with van der Waals surface area (Å²) in [4.78, 5) is 32.5. The summed E-state index contributed by atoms with van der Waals surface area (Å²) >= 11 is 0. The zero-order valence-electron chi connectivity index (χ0n) is 20.2. The number of halogens is 7. The number of amides is 2. The number of pyridine rings is 2. The van der Waals surface area contributed by atoms with Crippen LogP contribution in [0.2, 0.25) is 0 Å². The maximum absolute atomic E-state index is 13.5. The maximum atomic E-state index is 13.5. The fourth-order valence-electron chi connectivity index (χ4n) is 3.32. The van der Waals surface area contributed by atoms with Gasteiger partial charge in [-0.25, -0.2) is 4.39 Å². The van der Waals surface area contributed by atoms with Gasteiger partial charge < -0.3 is 10.2 Å². The molecule has 13 heteroatoms. The third-order valence-corrected chi connectivity index (χ3v) is 5.21. The number of alkyl halides is 6. The first-order valence-electron chi connectivity index (χ1n) is 11.1. The minimum Gasteiger partial charge on any atom is -0.341 e. The molecule has 40 heavy (non-hydrogen) atoms. The fraction of sp³-hybridized carbons (Fsp3) is 0.185. The topological polar surface area (TPSA) is 75.2 Å². The highest BCUT2D eigenvalue weighted by atomic mass is 19.4. The van der Waals surface area contributed by atoms with Gasteiger partial charge in [-0.2, -0.15) is 26.3 Å². The van der Waals surface area contributed by atoms with E-state index in [9.17, 15) is 40.3 Å². The van der Waals surface area contributed by atoms with Crippen molar-refractivity contribution in [1.82, 2.24) is 15.3 Å². The zero-order valence-corrected chi connectivity index (χ0v) is 20.2. The number of anilines is 1. The molecule has 3 rings (SSSR count).